The van der Waals surface area contributed by atoms with Crippen LogP contribution in [0, 0.1) is 11.3 Å². The highest BCUT2D eigenvalue weighted by Gasteiger charge is 2.17. The first-order valence-electron chi connectivity index (χ1n) is 2.65. The van der Waals surface area contributed by atoms with Crippen LogP contribution in [0.25, 0.3) is 0 Å². The number of nitriles is 1. The van der Waals surface area contributed by atoms with E-state index >= 15 is 0 Å². The van der Waals surface area contributed by atoms with Crippen LogP contribution in [0.1, 0.15) is 20.3 Å². The fourth-order valence-corrected chi connectivity index (χ4v) is 0.649. The molecule has 0 aromatic heterocycles. The molecule has 0 fully saturated rings. The average Bonchev–Trinajstić information content (AvgIpc) is 1.87. The number of hydrogen-bond acceptors (Lipinski definition) is 2. The fraction of sp³-hybridized carbons (Fsp3) is 0.800. The predicted molar refractivity (Wildman–Crippen MR) is 35.3 cm³/mol. The Balaban J connectivity index is 3.83. The Morgan fingerprint density at radius 2 is 2.38 bits per heavy atom. The molecule has 1 unspecified atom stereocenters. The highest BCUT2D eigenvalue weighted by atomic mass is 28.2. The van der Waals surface area contributed by atoms with Gasteiger partial charge in [0.25, 0.3) is 0 Å². The third kappa shape index (κ3) is 1.64. The number of rotatable bonds is 2. The van der Waals surface area contributed by atoms with Crippen molar-refractivity contribution >= 4 is 10.5 Å². The zero-order chi connectivity index (χ0) is 6.62. The van der Waals surface area contributed by atoms with Crippen molar-refractivity contribution in [3.05, 3.63) is 0 Å². The number of nitrogens with zero attached hydrogens (tertiary/aromatic N) is 1. The van der Waals surface area contributed by atoms with E-state index in [9.17, 15) is 0 Å². The summed E-state index contributed by atoms with van der Waals surface area (Å²) in [6.45, 7) is 3.75. The minimum absolute atomic E-state index is 0.508. The molecule has 0 N–H and O–H groups in total. The predicted octanol–water partition coefficient (Wildman–Crippen LogP) is -0.0243. The van der Waals surface area contributed by atoms with Crippen LogP contribution in [0.5, 0.6) is 0 Å². The van der Waals surface area contributed by atoms with Gasteiger partial charge >= 0.3 is 0 Å². The van der Waals surface area contributed by atoms with E-state index in [0.29, 0.717) is 10.5 Å². The van der Waals surface area contributed by atoms with Crippen LogP contribution < -0.4 is 0 Å². The number of hydrogen-bond donors (Lipinski definition) is 0. The molecule has 46 valence electrons. The zero-order valence-corrected chi connectivity index (χ0v) is 7.56. The van der Waals surface area contributed by atoms with E-state index < -0.39 is 5.60 Å². The normalized spacial score (nSPS) is 17.1. The summed E-state index contributed by atoms with van der Waals surface area (Å²) in [5, 5.41) is 8.43. The molecule has 0 aromatic rings. The van der Waals surface area contributed by atoms with Crippen molar-refractivity contribution in [2.75, 3.05) is 0 Å². The fourth-order valence-electron chi connectivity index (χ4n) is 0.269. The average molecular weight is 129 g/mol. The molecule has 0 rings (SSSR count). The van der Waals surface area contributed by atoms with Gasteiger partial charge in [0.15, 0.2) is 0 Å². The highest BCUT2D eigenvalue weighted by Crippen LogP contribution is 2.10. The Kier molecular flexibility index (Phi) is 2.73. The highest BCUT2D eigenvalue weighted by molar-refractivity contribution is 5.98. The molecule has 0 saturated carbocycles. The molecule has 0 amide bonds. The maximum absolute atomic E-state index is 8.43. The molecule has 0 aromatic carbocycles. The Labute approximate surface area is 53.0 Å². The van der Waals surface area contributed by atoms with Gasteiger partial charge in [0.05, 0.1) is 6.07 Å². The van der Waals surface area contributed by atoms with Crippen molar-refractivity contribution < 1.29 is 4.43 Å². The molecule has 0 aliphatic carbocycles. The van der Waals surface area contributed by atoms with Crippen LogP contribution in [0.4, 0.5) is 0 Å². The van der Waals surface area contributed by atoms with Gasteiger partial charge in [0, 0.05) is 0 Å². The van der Waals surface area contributed by atoms with Gasteiger partial charge in [-0.3, -0.25) is 0 Å². The zero-order valence-electron chi connectivity index (χ0n) is 5.56. The van der Waals surface area contributed by atoms with E-state index in [1.54, 1.807) is 6.92 Å². The summed E-state index contributed by atoms with van der Waals surface area (Å²) in [6.07, 6.45) is 0.771. The SMILES string of the molecule is CCC(C)(C#N)O[SiH3]. The molecule has 0 bridgehead atoms. The Hall–Kier alpha value is -0.333. The third-order valence-corrected chi connectivity index (χ3v) is 2.26. The molecule has 0 spiro atoms. The van der Waals surface area contributed by atoms with E-state index in [1.807, 2.05) is 6.92 Å². The van der Waals surface area contributed by atoms with E-state index in [2.05, 4.69) is 6.07 Å². The molecule has 0 aliphatic heterocycles. The summed E-state index contributed by atoms with van der Waals surface area (Å²) in [4.78, 5) is 0. The molecule has 2 nitrogen and oxygen atoms in total. The molecule has 0 heterocycles. The third-order valence-electron chi connectivity index (χ3n) is 1.36. The second-order valence-corrected chi connectivity index (χ2v) is 2.31. The maximum Gasteiger partial charge on any atom is 0.148 e. The summed E-state index contributed by atoms with van der Waals surface area (Å²) in [5.41, 5.74) is -0.508. The lowest BCUT2D eigenvalue weighted by Crippen LogP contribution is -2.23. The Bertz CT molecular complexity index is 103. The first-order valence-corrected chi connectivity index (χ1v) is 3.46. The van der Waals surface area contributed by atoms with E-state index in [0.717, 1.165) is 6.42 Å². The van der Waals surface area contributed by atoms with Gasteiger partial charge in [-0.2, -0.15) is 5.26 Å². The molecule has 3 heteroatoms. The van der Waals surface area contributed by atoms with Gasteiger partial charge in [0.1, 0.15) is 16.1 Å². The Morgan fingerprint density at radius 1 is 1.88 bits per heavy atom. The standard InChI is InChI=1S/C5H11NOSi/c1-3-5(2,4-6)7-8/h3H2,1-2,8H3. The van der Waals surface area contributed by atoms with Gasteiger partial charge in [0.2, 0.25) is 0 Å². The lowest BCUT2D eigenvalue weighted by molar-refractivity contribution is 0.160. The van der Waals surface area contributed by atoms with Crippen LogP contribution in [0.15, 0.2) is 0 Å². The maximum atomic E-state index is 8.43. The summed E-state index contributed by atoms with van der Waals surface area (Å²) in [6, 6.07) is 2.09. The van der Waals surface area contributed by atoms with Crippen molar-refractivity contribution in [2.45, 2.75) is 25.9 Å². The van der Waals surface area contributed by atoms with Crippen LogP contribution in [0.2, 0.25) is 0 Å². The van der Waals surface area contributed by atoms with Gasteiger partial charge in [-0.1, -0.05) is 6.92 Å². The summed E-state index contributed by atoms with van der Waals surface area (Å²) in [7, 11) is 0.644. The van der Waals surface area contributed by atoms with Crippen LogP contribution in [-0.4, -0.2) is 16.1 Å². The molecule has 0 saturated heterocycles. The molecule has 0 radical (unpaired) electrons. The van der Waals surface area contributed by atoms with Crippen LogP contribution in [-0.2, 0) is 4.43 Å². The minimum atomic E-state index is -0.508. The van der Waals surface area contributed by atoms with E-state index in [1.165, 1.54) is 0 Å². The van der Waals surface area contributed by atoms with Crippen molar-refractivity contribution in [3.8, 4) is 6.07 Å². The van der Waals surface area contributed by atoms with Crippen LogP contribution in [0.3, 0.4) is 0 Å². The van der Waals surface area contributed by atoms with Crippen LogP contribution >= 0.6 is 0 Å². The van der Waals surface area contributed by atoms with E-state index in [-0.39, 0.29) is 0 Å². The Morgan fingerprint density at radius 3 is 2.38 bits per heavy atom. The largest absolute Gasteiger partial charge is 0.411 e. The topological polar surface area (TPSA) is 33.0 Å². The van der Waals surface area contributed by atoms with Crippen molar-refractivity contribution in [2.24, 2.45) is 0 Å². The first-order chi connectivity index (χ1) is 3.68. The van der Waals surface area contributed by atoms with Crippen molar-refractivity contribution in [3.63, 3.8) is 0 Å². The van der Waals surface area contributed by atoms with Gasteiger partial charge < -0.3 is 4.43 Å². The smallest absolute Gasteiger partial charge is 0.148 e. The first kappa shape index (κ1) is 7.67. The summed E-state index contributed by atoms with van der Waals surface area (Å²) >= 11 is 0. The second kappa shape index (κ2) is 2.85. The lowest BCUT2D eigenvalue weighted by Gasteiger charge is -2.16. The van der Waals surface area contributed by atoms with Gasteiger partial charge in [-0.05, 0) is 13.3 Å². The van der Waals surface area contributed by atoms with Crippen molar-refractivity contribution in [1.29, 1.82) is 5.26 Å². The molecular formula is C5H11NOSi. The van der Waals surface area contributed by atoms with Gasteiger partial charge in [-0.15, -0.1) is 0 Å². The lowest BCUT2D eigenvalue weighted by atomic mass is 10.1. The second-order valence-electron chi connectivity index (χ2n) is 1.90. The minimum Gasteiger partial charge on any atom is -0.411 e. The quantitative estimate of drug-likeness (QED) is 0.491. The monoisotopic (exact) mass is 129 g/mol. The summed E-state index contributed by atoms with van der Waals surface area (Å²) < 4.78 is 5.01. The van der Waals surface area contributed by atoms with Gasteiger partial charge in [-0.25, -0.2) is 0 Å². The molecule has 8 heavy (non-hydrogen) atoms. The van der Waals surface area contributed by atoms with Crippen molar-refractivity contribution in [1.82, 2.24) is 0 Å². The summed E-state index contributed by atoms with van der Waals surface area (Å²) in [5.74, 6) is 0. The molecule has 1 atom stereocenters. The molecular weight excluding hydrogens is 118 g/mol. The van der Waals surface area contributed by atoms with E-state index in [4.69, 9.17) is 9.69 Å². The molecule has 0 aliphatic rings.